The molecule has 0 saturated carbocycles. The Kier molecular flexibility index (Phi) is 13.7. The molecule has 0 bridgehead atoms. The van der Waals surface area contributed by atoms with E-state index < -0.39 is 67.2 Å². The van der Waals surface area contributed by atoms with E-state index in [1.54, 1.807) is 84.9 Å². The molecule has 302 valence electrons. The number of ether oxygens (including phenoxy) is 8. The third-order valence-corrected chi connectivity index (χ3v) is 8.87. The maximum atomic E-state index is 13.9. The predicted octanol–water partition coefficient (Wildman–Crippen LogP) is 6.44. The molecular formula is C45H38O14. The van der Waals surface area contributed by atoms with E-state index in [2.05, 4.69) is 0 Å². The summed E-state index contributed by atoms with van der Waals surface area (Å²) in [6.07, 6.45) is -5.91. The summed E-state index contributed by atoms with van der Waals surface area (Å²) in [7, 11) is 2.66. The summed E-state index contributed by atoms with van der Waals surface area (Å²) in [6.45, 7) is -0.577. The van der Waals surface area contributed by atoms with Crippen molar-refractivity contribution in [1.29, 1.82) is 0 Å². The Morgan fingerprint density at radius 3 is 1.41 bits per heavy atom. The minimum Gasteiger partial charge on any atom is -0.493 e. The SMILES string of the molecule is COc1cc(C=CC(=O)O)cc(OC)c1O[C@H]1O[C@H](COC(=O)c2ccccc2)[C@@H](OC(=O)c2ccccc2)[C@H](OC(=O)c2ccccc2)[C@@H]1OC(=O)c1ccccc1. The number of aliphatic carboxylic acids is 1. The number of carbonyl (C=O) groups is 5. The number of esters is 4. The van der Waals surface area contributed by atoms with Crippen LogP contribution in [0.5, 0.6) is 17.2 Å². The lowest BCUT2D eigenvalue weighted by Gasteiger charge is -2.44. The third-order valence-electron chi connectivity index (χ3n) is 8.87. The Labute approximate surface area is 338 Å². The van der Waals surface area contributed by atoms with E-state index in [1.807, 2.05) is 0 Å². The van der Waals surface area contributed by atoms with Crippen molar-refractivity contribution in [3.63, 3.8) is 0 Å². The van der Waals surface area contributed by atoms with Crippen molar-refractivity contribution < 1.29 is 67.0 Å². The highest BCUT2D eigenvalue weighted by Gasteiger charge is 2.54. The smallest absolute Gasteiger partial charge is 0.338 e. The van der Waals surface area contributed by atoms with Gasteiger partial charge in [-0.25, -0.2) is 24.0 Å². The number of benzene rings is 5. The van der Waals surface area contributed by atoms with Crippen molar-refractivity contribution in [3.05, 3.63) is 167 Å². The zero-order chi connectivity index (χ0) is 41.7. The van der Waals surface area contributed by atoms with Gasteiger partial charge < -0.3 is 43.0 Å². The highest BCUT2D eigenvalue weighted by Crippen LogP contribution is 2.42. The number of carbonyl (C=O) groups excluding carboxylic acids is 4. The van der Waals surface area contributed by atoms with Crippen LogP contribution in [0.4, 0.5) is 0 Å². The predicted molar refractivity (Wildman–Crippen MR) is 209 cm³/mol. The fourth-order valence-corrected chi connectivity index (χ4v) is 6.02. The van der Waals surface area contributed by atoms with Gasteiger partial charge in [-0.15, -0.1) is 0 Å². The number of carboxylic acid groups (broad SMARTS) is 1. The molecule has 1 N–H and O–H groups in total. The first-order valence-electron chi connectivity index (χ1n) is 18.1. The van der Waals surface area contributed by atoms with E-state index >= 15 is 0 Å². The van der Waals surface area contributed by atoms with Crippen molar-refractivity contribution >= 4 is 35.9 Å². The second-order valence-corrected chi connectivity index (χ2v) is 12.8. The van der Waals surface area contributed by atoms with Crippen LogP contribution >= 0.6 is 0 Å². The topological polar surface area (TPSA) is 179 Å². The highest BCUT2D eigenvalue weighted by molar-refractivity contribution is 5.92. The van der Waals surface area contributed by atoms with Gasteiger partial charge in [-0.1, -0.05) is 72.8 Å². The average Bonchev–Trinajstić information content (AvgIpc) is 3.27. The van der Waals surface area contributed by atoms with Gasteiger partial charge in [0.05, 0.1) is 36.5 Å². The molecule has 0 radical (unpaired) electrons. The quantitative estimate of drug-likeness (QED) is 0.0694. The van der Waals surface area contributed by atoms with Crippen molar-refractivity contribution in [3.8, 4) is 17.2 Å². The van der Waals surface area contributed by atoms with Gasteiger partial charge in [0, 0.05) is 6.08 Å². The van der Waals surface area contributed by atoms with E-state index in [9.17, 15) is 29.1 Å². The summed E-state index contributed by atoms with van der Waals surface area (Å²) in [5.41, 5.74) is 0.919. The maximum Gasteiger partial charge on any atom is 0.338 e. The molecule has 1 heterocycles. The highest BCUT2D eigenvalue weighted by atomic mass is 16.7. The van der Waals surface area contributed by atoms with Crippen LogP contribution in [0.25, 0.3) is 6.08 Å². The molecule has 14 heteroatoms. The summed E-state index contributed by atoms with van der Waals surface area (Å²) in [6, 6.07) is 34.9. The number of hydrogen-bond acceptors (Lipinski definition) is 13. The van der Waals surface area contributed by atoms with Gasteiger partial charge in [-0.3, -0.25) is 0 Å². The Bertz CT molecular complexity index is 2240. The minimum atomic E-state index is -1.72. The lowest BCUT2D eigenvalue weighted by Crippen LogP contribution is -2.64. The molecule has 6 rings (SSSR count). The van der Waals surface area contributed by atoms with Crippen LogP contribution in [-0.4, -0.2) is 86.5 Å². The minimum absolute atomic E-state index is 0.0358. The molecule has 1 saturated heterocycles. The fourth-order valence-electron chi connectivity index (χ4n) is 6.02. The van der Waals surface area contributed by atoms with Gasteiger partial charge in [0.2, 0.25) is 18.1 Å². The molecule has 59 heavy (non-hydrogen) atoms. The average molecular weight is 803 g/mol. The Morgan fingerprint density at radius 1 is 0.576 bits per heavy atom. The van der Waals surface area contributed by atoms with Gasteiger partial charge >= 0.3 is 29.8 Å². The van der Waals surface area contributed by atoms with Crippen LogP contribution in [0.1, 0.15) is 47.0 Å². The second-order valence-electron chi connectivity index (χ2n) is 12.8. The number of rotatable bonds is 15. The molecule has 0 amide bonds. The lowest BCUT2D eigenvalue weighted by atomic mass is 9.97. The molecule has 14 nitrogen and oxygen atoms in total. The second kappa shape index (κ2) is 19.6. The van der Waals surface area contributed by atoms with Crippen molar-refractivity contribution in [2.75, 3.05) is 20.8 Å². The van der Waals surface area contributed by atoms with Crippen molar-refractivity contribution in [2.24, 2.45) is 0 Å². The van der Waals surface area contributed by atoms with Crippen LogP contribution < -0.4 is 14.2 Å². The molecular weight excluding hydrogens is 764 g/mol. The zero-order valence-corrected chi connectivity index (χ0v) is 31.7. The number of carboxylic acids is 1. The molecule has 0 aromatic heterocycles. The summed E-state index contributed by atoms with van der Waals surface area (Å²) in [5.74, 6) is -4.60. The first kappa shape index (κ1) is 41.2. The normalized spacial score (nSPS) is 18.5. The van der Waals surface area contributed by atoms with E-state index in [4.69, 9.17) is 37.9 Å². The molecule has 1 aliphatic heterocycles. The first-order valence-corrected chi connectivity index (χ1v) is 18.1. The van der Waals surface area contributed by atoms with Crippen LogP contribution in [0, 0.1) is 0 Å². The third kappa shape index (κ3) is 10.5. The largest absolute Gasteiger partial charge is 0.493 e. The monoisotopic (exact) mass is 802 g/mol. The first-order chi connectivity index (χ1) is 28.6. The van der Waals surface area contributed by atoms with Crippen LogP contribution in [0.3, 0.4) is 0 Å². The standard InChI is InChI=1S/C45H38O14/c1-52-33-25-28(23-24-36(46)47)26-34(53-2)37(33)59-45-40(58-44(51)32-21-13-6-14-22-32)39(57-43(50)31-19-11-5-12-20-31)38(56-42(49)30-17-9-4-10-18-30)35(55-45)27-54-41(48)29-15-7-3-8-16-29/h3-26,35,38-40,45H,27H2,1-2H3,(H,46,47)/t35-,38-,39+,40+,45-/m1/s1. The Morgan fingerprint density at radius 2 is 0.983 bits per heavy atom. The molecule has 1 fully saturated rings. The van der Waals surface area contributed by atoms with Crippen molar-refractivity contribution in [2.45, 2.75) is 30.7 Å². The van der Waals surface area contributed by atoms with Gasteiger partial charge in [0.25, 0.3) is 0 Å². The van der Waals surface area contributed by atoms with E-state index in [0.29, 0.717) is 5.56 Å². The summed E-state index contributed by atoms with van der Waals surface area (Å²) >= 11 is 0. The number of methoxy groups -OCH3 is 2. The van der Waals surface area contributed by atoms with Gasteiger partial charge in [0.15, 0.2) is 23.7 Å². The maximum absolute atomic E-state index is 13.9. The van der Waals surface area contributed by atoms with E-state index in [0.717, 1.165) is 6.08 Å². The Balaban J connectivity index is 1.48. The molecule has 0 aliphatic carbocycles. The fraction of sp³-hybridized carbons (Fsp3) is 0.178. The lowest BCUT2D eigenvalue weighted by molar-refractivity contribution is -0.275. The molecule has 5 aromatic carbocycles. The van der Waals surface area contributed by atoms with Crippen molar-refractivity contribution in [1.82, 2.24) is 0 Å². The van der Waals surface area contributed by atoms with Crippen LogP contribution in [0.2, 0.25) is 0 Å². The summed E-state index contributed by atoms with van der Waals surface area (Å²) < 4.78 is 48.1. The Hall–Kier alpha value is -7.45. The van der Waals surface area contributed by atoms with Gasteiger partial charge in [-0.05, 0) is 72.3 Å². The van der Waals surface area contributed by atoms with Crippen LogP contribution in [0.15, 0.2) is 140 Å². The van der Waals surface area contributed by atoms with E-state index in [-0.39, 0.29) is 39.5 Å². The molecule has 5 atom stereocenters. The summed E-state index contributed by atoms with van der Waals surface area (Å²) in [4.78, 5) is 66.2. The van der Waals surface area contributed by atoms with Gasteiger partial charge in [0.1, 0.15) is 12.7 Å². The molecule has 1 aliphatic rings. The summed E-state index contributed by atoms with van der Waals surface area (Å²) in [5, 5.41) is 9.22. The molecule has 5 aromatic rings. The molecule has 0 spiro atoms. The van der Waals surface area contributed by atoms with Crippen LogP contribution in [-0.2, 0) is 28.5 Å². The molecule has 0 unspecified atom stereocenters. The van der Waals surface area contributed by atoms with E-state index in [1.165, 1.54) is 68.8 Å². The van der Waals surface area contributed by atoms with Gasteiger partial charge in [-0.2, -0.15) is 0 Å². The zero-order valence-electron chi connectivity index (χ0n) is 31.7. The number of hydrogen-bond donors (Lipinski definition) is 1.